The van der Waals surface area contributed by atoms with E-state index in [1.807, 2.05) is 0 Å². The van der Waals surface area contributed by atoms with Crippen LogP contribution >= 0.6 is 0 Å². The van der Waals surface area contributed by atoms with Crippen molar-refractivity contribution in [3.05, 3.63) is 0 Å². The van der Waals surface area contributed by atoms with Crippen LogP contribution in [0.25, 0.3) is 0 Å². The minimum atomic E-state index is 0. The average Bonchev–Trinajstić information content (AvgIpc) is 1.90. The van der Waals surface area contributed by atoms with Crippen LogP contribution in [0.5, 0.6) is 0 Å². The number of quaternary nitrogens is 1. The van der Waals surface area contributed by atoms with E-state index in [0.717, 1.165) is 6.04 Å². The molecule has 1 N–H and O–H groups in total. The number of halogens is 2. The first-order valence-corrected chi connectivity index (χ1v) is 4.10. The lowest BCUT2D eigenvalue weighted by Crippen LogP contribution is -3.14. The minimum absolute atomic E-state index is 0. The smallest absolute Gasteiger partial charge is 0.0843 e. The molecule has 0 saturated carbocycles. The second-order valence-corrected chi connectivity index (χ2v) is 2.67. The molecule has 0 rings (SSSR count). The number of rotatable bonds is 4. The van der Waals surface area contributed by atoms with Gasteiger partial charge in [-0.05, 0) is 27.2 Å². The van der Waals surface area contributed by atoms with Crippen LogP contribution in [0.4, 0.5) is 0 Å². The first-order valence-electron chi connectivity index (χ1n) is 4.10. The fourth-order valence-electron chi connectivity index (χ4n) is 1.24. The van der Waals surface area contributed by atoms with Crippen molar-refractivity contribution in [2.45, 2.75) is 40.2 Å². The Kier molecular flexibility index (Phi) is 16.8. The SMILES string of the molecule is CCC(C)[NH+](CC)CC.[Cl-].[Cl-]. The van der Waals surface area contributed by atoms with Gasteiger partial charge in [0.15, 0.2) is 0 Å². The average molecular weight is 201 g/mol. The molecule has 0 saturated heterocycles. The van der Waals surface area contributed by atoms with E-state index in [1.54, 1.807) is 4.90 Å². The van der Waals surface area contributed by atoms with Gasteiger partial charge in [-0.1, -0.05) is 6.92 Å². The van der Waals surface area contributed by atoms with Crippen LogP contribution in [-0.2, 0) is 0 Å². The largest absolute Gasteiger partial charge is 1.00 e. The summed E-state index contributed by atoms with van der Waals surface area (Å²) in [4.78, 5) is 1.72. The monoisotopic (exact) mass is 200 g/mol. The van der Waals surface area contributed by atoms with Gasteiger partial charge in [0.1, 0.15) is 0 Å². The zero-order chi connectivity index (χ0) is 7.28. The van der Waals surface area contributed by atoms with Crippen molar-refractivity contribution in [2.24, 2.45) is 0 Å². The van der Waals surface area contributed by atoms with Crippen LogP contribution in [-0.4, -0.2) is 19.1 Å². The molecule has 0 fully saturated rings. The summed E-state index contributed by atoms with van der Waals surface area (Å²) < 4.78 is 0. The van der Waals surface area contributed by atoms with E-state index in [4.69, 9.17) is 0 Å². The van der Waals surface area contributed by atoms with Gasteiger partial charge >= 0.3 is 0 Å². The van der Waals surface area contributed by atoms with E-state index < -0.39 is 0 Å². The maximum atomic E-state index is 2.32. The molecule has 0 spiro atoms. The molecule has 11 heavy (non-hydrogen) atoms. The van der Waals surface area contributed by atoms with Crippen LogP contribution in [0.1, 0.15) is 34.1 Å². The van der Waals surface area contributed by atoms with Crippen LogP contribution in [0.15, 0.2) is 0 Å². The van der Waals surface area contributed by atoms with E-state index in [9.17, 15) is 0 Å². The molecule has 0 aromatic carbocycles. The summed E-state index contributed by atoms with van der Waals surface area (Å²) in [6, 6.07) is 0.847. The fraction of sp³-hybridized carbons (Fsp3) is 1.00. The van der Waals surface area contributed by atoms with Gasteiger partial charge in [0.2, 0.25) is 0 Å². The van der Waals surface area contributed by atoms with Crippen molar-refractivity contribution in [1.29, 1.82) is 0 Å². The summed E-state index contributed by atoms with van der Waals surface area (Å²) in [6.45, 7) is 11.6. The van der Waals surface area contributed by atoms with E-state index in [2.05, 4.69) is 27.7 Å². The summed E-state index contributed by atoms with van der Waals surface area (Å²) >= 11 is 0. The first-order chi connectivity index (χ1) is 4.26. The lowest BCUT2D eigenvalue weighted by Gasteiger charge is -2.21. The topological polar surface area (TPSA) is 4.44 Å². The van der Waals surface area contributed by atoms with Gasteiger partial charge in [-0.2, -0.15) is 0 Å². The summed E-state index contributed by atoms with van der Waals surface area (Å²) in [5.74, 6) is 0. The standard InChI is InChI=1S/C8H19N.2ClH/c1-5-8(4)9(6-2)7-3;;/h8H,5-7H2,1-4H3;2*1H/p-1. The molecular formula is C8H20Cl2N-. The summed E-state index contributed by atoms with van der Waals surface area (Å²) in [6.07, 6.45) is 1.30. The maximum Gasteiger partial charge on any atom is 0.0843 e. The van der Waals surface area contributed by atoms with E-state index in [0.29, 0.717) is 0 Å². The van der Waals surface area contributed by atoms with Gasteiger partial charge in [0.25, 0.3) is 0 Å². The third kappa shape index (κ3) is 6.92. The lowest BCUT2D eigenvalue weighted by molar-refractivity contribution is -0.920. The van der Waals surface area contributed by atoms with Crippen LogP contribution < -0.4 is 29.7 Å². The molecule has 0 aromatic heterocycles. The number of nitrogens with one attached hydrogen (secondary N) is 1. The first kappa shape index (κ1) is 17.6. The highest BCUT2D eigenvalue weighted by molar-refractivity contribution is 4.39. The molecule has 0 bridgehead atoms. The Morgan fingerprint density at radius 1 is 1.00 bits per heavy atom. The van der Waals surface area contributed by atoms with Crippen LogP contribution in [0.2, 0.25) is 0 Å². The second-order valence-electron chi connectivity index (χ2n) is 2.67. The number of hydrogen-bond donors (Lipinski definition) is 1. The molecule has 0 heterocycles. The van der Waals surface area contributed by atoms with Crippen molar-refractivity contribution in [3.8, 4) is 0 Å². The highest BCUT2D eigenvalue weighted by Crippen LogP contribution is 1.80. The van der Waals surface area contributed by atoms with Gasteiger partial charge in [-0.25, -0.2) is 0 Å². The van der Waals surface area contributed by atoms with Gasteiger partial charge in [-0.3, -0.25) is 0 Å². The maximum absolute atomic E-state index is 2.32. The van der Waals surface area contributed by atoms with Gasteiger partial charge < -0.3 is 29.7 Å². The molecule has 0 aromatic rings. The third-order valence-electron chi connectivity index (χ3n) is 2.22. The third-order valence-corrected chi connectivity index (χ3v) is 2.22. The Morgan fingerprint density at radius 3 is 1.45 bits per heavy atom. The zero-order valence-electron chi connectivity index (χ0n) is 7.95. The molecule has 3 heteroatoms. The van der Waals surface area contributed by atoms with E-state index in [1.165, 1.54) is 19.5 Å². The van der Waals surface area contributed by atoms with Crippen molar-refractivity contribution < 1.29 is 29.7 Å². The Hall–Kier alpha value is 0.540. The fourth-order valence-corrected chi connectivity index (χ4v) is 1.24. The molecule has 72 valence electrons. The predicted octanol–water partition coefficient (Wildman–Crippen LogP) is -5.28. The van der Waals surface area contributed by atoms with Gasteiger partial charge in [0, 0.05) is 0 Å². The number of hydrogen-bond acceptors (Lipinski definition) is 0. The molecule has 0 radical (unpaired) electrons. The van der Waals surface area contributed by atoms with Crippen molar-refractivity contribution in [1.82, 2.24) is 0 Å². The second kappa shape index (κ2) is 10.5. The molecule has 0 aliphatic rings. The molecule has 1 unspecified atom stereocenters. The quantitative estimate of drug-likeness (QED) is 0.463. The summed E-state index contributed by atoms with van der Waals surface area (Å²) in [5.41, 5.74) is 0. The van der Waals surface area contributed by atoms with Crippen molar-refractivity contribution in [3.63, 3.8) is 0 Å². The Bertz CT molecular complexity index is 65.1. The molecule has 0 aliphatic carbocycles. The molecule has 1 nitrogen and oxygen atoms in total. The minimum Gasteiger partial charge on any atom is -1.00 e. The normalized spacial score (nSPS) is 11.7. The summed E-state index contributed by atoms with van der Waals surface area (Å²) in [5, 5.41) is 0. The molecule has 1 atom stereocenters. The Labute approximate surface area is 83.4 Å². The lowest BCUT2D eigenvalue weighted by atomic mass is 10.2. The van der Waals surface area contributed by atoms with E-state index in [-0.39, 0.29) is 24.8 Å². The van der Waals surface area contributed by atoms with Crippen molar-refractivity contribution >= 4 is 0 Å². The zero-order valence-corrected chi connectivity index (χ0v) is 9.47. The Morgan fingerprint density at radius 2 is 1.36 bits per heavy atom. The van der Waals surface area contributed by atoms with Gasteiger partial charge in [-0.15, -0.1) is 0 Å². The van der Waals surface area contributed by atoms with Crippen LogP contribution in [0.3, 0.4) is 0 Å². The Balaban J connectivity index is -0.000000320. The molecule has 0 aliphatic heterocycles. The molecule has 0 amide bonds. The van der Waals surface area contributed by atoms with Gasteiger partial charge in [0.05, 0.1) is 19.1 Å². The highest BCUT2D eigenvalue weighted by Gasteiger charge is 2.09. The van der Waals surface area contributed by atoms with E-state index >= 15 is 0 Å². The van der Waals surface area contributed by atoms with Crippen LogP contribution in [0, 0.1) is 0 Å². The predicted molar refractivity (Wildman–Crippen MR) is 41.8 cm³/mol. The summed E-state index contributed by atoms with van der Waals surface area (Å²) in [7, 11) is 0. The molecular weight excluding hydrogens is 181 g/mol. The van der Waals surface area contributed by atoms with Crippen molar-refractivity contribution in [2.75, 3.05) is 13.1 Å². The highest BCUT2D eigenvalue weighted by atomic mass is 35.5.